The van der Waals surface area contributed by atoms with Crippen molar-refractivity contribution in [3.05, 3.63) is 24.1 Å². The van der Waals surface area contributed by atoms with Gasteiger partial charge in [0.15, 0.2) is 0 Å². The van der Waals surface area contributed by atoms with Gasteiger partial charge in [-0.05, 0) is 13.8 Å². The molecule has 2 nitrogen and oxygen atoms in total. The van der Waals surface area contributed by atoms with Crippen LogP contribution >= 0.6 is 0 Å². The third-order valence-corrected chi connectivity index (χ3v) is 1.06. The lowest BCUT2D eigenvalue weighted by atomic mass is 10.2. The smallest absolute Gasteiger partial charge is 0.340 e. The second kappa shape index (κ2) is 4.66. The largest absolute Gasteiger partial charge is 0.462 e. The van der Waals surface area contributed by atoms with E-state index < -0.39 is 11.8 Å². The molecule has 0 spiro atoms. The summed E-state index contributed by atoms with van der Waals surface area (Å²) in [6.45, 7) is 6.59. The van der Waals surface area contributed by atoms with E-state index in [2.05, 4.69) is 11.3 Å². The average molecular weight is 158 g/mol. The fourth-order valence-corrected chi connectivity index (χ4v) is 0.490. The molecule has 0 unspecified atom stereocenters. The molecule has 0 rings (SSSR count). The van der Waals surface area contributed by atoms with Crippen LogP contribution < -0.4 is 0 Å². The monoisotopic (exact) mass is 158 g/mol. The molecule has 0 N–H and O–H groups in total. The predicted octanol–water partition coefficient (Wildman–Crippen LogP) is 1.98. The number of allylic oxidation sites excluding steroid dienone is 1. The Hall–Kier alpha value is -1.12. The van der Waals surface area contributed by atoms with Crippen molar-refractivity contribution in [3.8, 4) is 0 Å². The number of hydrogen-bond acceptors (Lipinski definition) is 2. The van der Waals surface area contributed by atoms with Gasteiger partial charge in [0.25, 0.3) is 0 Å². The lowest BCUT2D eigenvalue weighted by Gasteiger charge is -2.01. The van der Waals surface area contributed by atoms with Crippen molar-refractivity contribution in [2.24, 2.45) is 0 Å². The van der Waals surface area contributed by atoms with Crippen LogP contribution in [-0.4, -0.2) is 12.6 Å². The maximum Gasteiger partial charge on any atom is 0.340 e. The SMILES string of the molecule is C=C(C(=O)OCC)/C(F)=C\C. The minimum atomic E-state index is -0.705. The highest BCUT2D eigenvalue weighted by molar-refractivity contribution is 5.91. The van der Waals surface area contributed by atoms with Gasteiger partial charge >= 0.3 is 5.97 Å². The highest BCUT2D eigenvalue weighted by Crippen LogP contribution is 2.09. The van der Waals surface area contributed by atoms with Crippen LogP contribution in [0, 0.1) is 0 Å². The Labute approximate surface area is 65.4 Å². The molecule has 0 aliphatic rings. The van der Waals surface area contributed by atoms with E-state index in [-0.39, 0.29) is 12.2 Å². The van der Waals surface area contributed by atoms with Crippen molar-refractivity contribution in [2.45, 2.75) is 13.8 Å². The average Bonchev–Trinajstić information content (AvgIpc) is 2.02. The summed E-state index contributed by atoms with van der Waals surface area (Å²) >= 11 is 0. The Bertz CT molecular complexity index is 194. The topological polar surface area (TPSA) is 26.3 Å². The Kier molecular flexibility index (Phi) is 4.18. The Morgan fingerprint density at radius 3 is 2.64 bits per heavy atom. The van der Waals surface area contributed by atoms with Gasteiger partial charge in [0.1, 0.15) is 5.83 Å². The molecule has 0 radical (unpaired) electrons. The van der Waals surface area contributed by atoms with Gasteiger partial charge < -0.3 is 4.74 Å². The van der Waals surface area contributed by atoms with Crippen LogP contribution in [0.1, 0.15) is 13.8 Å². The molecular weight excluding hydrogens is 147 g/mol. The maximum absolute atomic E-state index is 12.6. The number of carbonyl (C=O) groups is 1. The third kappa shape index (κ3) is 2.98. The lowest BCUT2D eigenvalue weighted by Crippen LogP contribution is -2.06. The summed E-state index contributed by atoms with van der Waals surface area (Å²) < 4.78 is 17.1. The van der Waals surface area contributed by atoms with Crippen LogP contribution in [0.2, 0.25) is 0 Å². The Balaban J connectivity index is 4.15. The highest BCUT2D eigenvalue weighted by Gasteiger charge is 2.11. The first-order valence-corrected chi connectivity index (χ1v) is 3.31. The van der Waals surface area contributed by atoms with Crippen molar-refractivity contribution >= 4 is 5.97 Å². The summed E-state index contributed by atoms with van der Waals surface area (Å²) in [6, 6.07) is 0. The molecule has 3 heteroatoms. The molecule has 0 saturated carbocycles. The molecule has 0 aromatic carbocycles. The first kappa shape index (κ1) is 9.88. The minimum Gasteiger partial charge on any atom is -0.462 e. The molecule has 0 bridgehead atoms. The van der Waals surface area contributed by atoms with Crippen molar-refractivity contribution in [3.63, 3.8) is 0 Å². The van der Waals surface area contributed by atoms with Gasteiger partial charge in [-0.1, -0.05) is 12.7 Å². The quantitative estimate of drug-likeness (QED) is 0.356. The van der Waals surface area contributed by atoms with Crippen molar-refractivity contribution in [1.29, 1.82) is 0 Å². The minimum absolute atomic E-state index is 0.227. The predicted molar refractivity (Wildman–Crippen MR) is 40.6 cm³/mol. The van der Waals surface area contributed by atoms with E-state index in [0.717, 1.165) is 0 Å². The van der Waals surface area contributed by atoms with E-state index >= 15 is 0 Å². The van der Waals surface area contributed by atoms with Crippen LogP contribution in [0.3, 0.4) is 0 Å². The molecule has 62 valence electrons. The summed E-state index contributed by atoms with van der Waals surface area (Å²) in [5, 5.41) is 0. The Morgan fingerprint density at radius 1 is 1.73 bits per heavy atom. The number of carbonyl (C=O) groups excluding carboxylic acids is 1. The van der Waals surface area contributed by atoms with Gasteiger partial charge in [0, 0.05) is 0 Å². The zero-order chi connectivity index (χ0) is 8.85. The van der Waals surface area contributed by atoms with E-state index in [4.69, 9.17) is 0 Å². The molecule has 0 heterocycles. The summed E-state index contributed by atoms with van der Waals surface area (Å²) in [5.74, 6) is -1.34. The second-order valence-corrected chi connectivity index (χ2v) is 1.84. The van der Waals surface area contributed by atoms with E-state index in [1.165, 1.54) is 13.0 Å². The summed E-state index contributed by atoms with van der Waals surface area (Å²) in [7, 11) is 0. The van der Waals surface area contributed by atoms with Crippen molar-refractivity contribution in [2.75, 3.05) is 6.61 Å². The molecule has 0 fully saturated rings. The molecule has 0 atom stereocenters. The van der Waals surface area contributed by atoms with Gasteiger partial charge in [-0.15, -0.1) is 0 Å². The third-order valence-electron chi connectivity index (χ3n) is 1.06. The molecule has 11 heavy (non-hydrogen) atoms. The fourth-order valence-electron chi connectivity index (χ4n) is 0.490. The Morgan fingerprint density at radius 2 is 2.27 bits per heavy atom. The standard InChI is InChI=1S/C8H11FO2/c1-4-7(9)6(3)8(10)11-5-2/h4H,3,5H2,1-2H3/b7-4+. The van der Waals surface area contributed by atoms with Crippen LogP contribution in [-0.2, 0) is 9.53 Å². The van der Waals surface area contributed by atoms with Gasteiger partial charge in [-0.25, -0.2) is 9.18 Å². The normalized spacial score (nSPS) is 11.0. The zero-order valence-electron chi connectivity index (χ0n) is 6.69. The van der Waals surface area contributed by atoms with Crippen LogP contribution in [0.5, 0.6) is 0 Å². The maximum atomic E-state index is 12.6. The van der Waals surface area contributed by atoms with Crippen molar-refractivity contribution < 1.29 is 13.9 Å². The zero-order valence-corrected chi connectivity index (χ0v) is 6.69. The van der Waals surface area contributed by atoms with Gasteiger partial charge in [0.2, 0.25) is 0 Å². The highest BCUT2D eigenvalue weighted by atomic mass is 19.1. The molecule has 0 aromatic heterocycles. The summed E-state index contributed by atoms with van der Waals surface area (Å²) in [5.41, 5.74) is -0.227. The number of hydrogen-bond donors (Lipinski definition) is 0. The summed E-state index contributed by atoms with van der Waals surface area (Å²) in [4.78, 5) is 10.7. The molecule has 0 aliphatic carbocycles. The van der Waals surface area contributed by atoms with E-state index in [0.29, 0.717) is 0 Å². The van der Waals surface area contributed by atoms with E-state index in [1.807, 2.05) is 0 Å². The van der Waals surface area contributed by atoms with E-state index in [9.17, 15) is 9.18 Å². The number of ether oxygens (including phenoxy) is 1. The molecule has 0 saturated heterocycles. The van der Waals surface area contributed by atoms with Crippen LogP contribution in [0.15, 0.2) is 24.1 Å². The van der Waals surface area contributed by atoms with E-state index in [1.54, 1.807) is 6.92 Å². The number of esters is 1. The second-order valence-electron chi connectivity index (χ2n) is 1.84. The van der Waals surface area contributed by atoms with Gasteiger partial charge in [0.05, 0.1) is 12.2 Å². The fraction of sp³-hybridized carbons (Fsp3) is 0.375. The molecule has 0 aliphatic heterocycles. The van der Waals surface area contributed by atoms with Crippen molar-refractivity contribution in [1.82, 2.24) is 0 Å². The van der Waals surface area contributed by atoms with Crippen LogP contribution in [0.4, 0.5) is 4.39 Å². The summed E-state index contributed by atoms with van der Waals surface area (Å²) in [6.07, 6.45) is 1.17. The first-order valence-electron chi connectivity index (χ1n) is 3.31. The number of rotatable bonds is 3. The molecule has 0 amide bonds. The van der Waals surface area contributed by atoms with Gasteiger partial charge in [-0.3, -0.25) is 0 Å². The van der Waals surface area contributed by atoms with Gasteiger partial charge in [-0.2, -0.15) is 0 Å². The van der Waals surface area contributed by atoms with Crippen LogP contribution in [0.25, 0.3) is 0 Å². The molecule has 0 aromatic rings. The molecular formula is C8H11FO2. The number of halogens is 1. The lowest BCUT2D eigenvalue weighted by molar-refractivity contribution is -0.138. The first-order chi connectivity index (χ1) is 5.13.